The molecular formula is C15H21N3O3. The first-order valence-electron chi connectivity index (χ1n) is 7.15. The van der Waals surface area contributed by atoms with Gasteiger partial charge in [-0.15, -0.1) is 0 Å². The maximum absolute atomic E-state index is 12.3. The molecule has 1 aliphatic heterocycles. The summed E-state index contributed by atoms with van der Waals surface area (Å²) in [7, 11) is 0. The number of carbonyl (C=O) groups excluding carboxylic acids is 1. The third-order valence-electron chi connectivity index (χ3n) is 4.09. The number of carbonyl (C=O) groups is 2. The van der Waals surface area contributed by atoms with Crippen LogP contribution in [-0.4, -0.2) is 40.1 Å². The van der Waals surface area contributed by atoms with Crippen molar-refractivity contribution in [2.24, 2.45) is 5.41 Å². The monoisotopic (exact) mass is 291 g/mol. The van der Waals surface area contributed by atoms with Crippen molar-refractivity contribution in [1.29, 1.82) is 0 Å². The van der Waals surface area contributed by atoms with E-state index in [-0.39, 0.29) is 18.6 Å². The van der Waals surface area contributed by atoms with Gasteiger partial charge in [0.15, 0.2) is 0 Å². The fraction of sp³-hybridized carbons (Fsp3) is 0.533. The van der Waals surface area contributed by atoms with Crippen LogP contribution in [0, 0.1) is 5.41 Å². The van der Waals surface area contributed by atoms with Crippen molar-refractivity contribution < 1.29 is 14.7 Å². The molecule has 2 atom stereocenters. The van der Waals surface area contributed by atoms with E-state index >= 15 is 0 Å². The minimum absolute atomic E-state index is 0.0859. The number of hydrogen-bond acceptors (Lipinski definition) is 3. The third-order valence-corrected chi connectivity index (χ3v) is 4.09. The lowest BCUT2D eigenvalue weighted by molar-refractivity contribution is -0.147. The predicted molar refractivity (Wildman–Crippen MR) is 77.7 cm³/mol. The van der Waals surface area contributed by atoms with Crippen LogP contribution in [0.3, 0.4) is 0 Å². The Morgan fingerprint density at radius 3 is 2.67 bits per heavy atom. The maximum atomic E-state index is 12.3. The zero-order valence-corrected chi connectivity index (χ0v) is 12.4. The number of carboxylic acids is 1. The first-order chi connectivity index (χ1) is 9.96. The van der Waals surface area contributed by atoms with Crippen molar-refractivity contribution in [3.63, 3.8) is 0 Å². The Balaban J connectivity index is 2.00. The van der Waals surface area contributed by atoms with Crippen LogP contribution >= 0.6 is 0 Å². The van der Waals surface area contributed by atoms with Crippen LogP contribution in [0.15, 0.2) is 24.5 Å². The molecule has 1 aromatic heterocycles. The molecule has 0 radical (unpaired) electrons. The Labute approximate surface area is 124 Å². The summed E-state index contributed by atoms with van der Waals surface area (Å²) in [5.74, 6) is -0.848. The van der Waals surface area contributed by atoms with Crippen molar-refractivity contribution >= 4 is 12.0 Å². The second-order valence-corrected chi connectivity index (χ2v) is 5.73. The van der Waals surface area contributed by atoms with E-state index in [2.05, 4.69) is 10.3 Å². The van der Waals surface area contributed by atoms with Crippen LogP contribution < -0.4 is 5.32 Å². The van der Waals surface area contributed by atoms with Crippen LogP contribution in [0.25, 0.3) is 0 Å². The Hall–Kier alpha value is -2.11. The topological polar surface area (TPSA) is 82.5 Å². The normalized spacial score (nSPS) is 22.9. The van der Waals surface area contributed by atoms with Gasteiger partial charge in [-0.05, 0) is 37.5 Å². The molecule has 0 spiro atoms. The van der Waals surface area contributed by atoms with E-state index in [0.717, 1.165) is 12.0 Å². The Kier molecular flexibility index (Phi) is 4.45. The second kappa shape index (κ2) is 6.11. The third kappa shape index (κ3) is 3.32. The van der Waals surface area contributed by atoms with Crippen molar-refractivity contribution in [2.45, 2.75) is 32.7 Å². The highest BCUT2D eigenvalue weighted by Crippen LogP contribution is 2.30. The molecule has 0 bridgehead atoms. The molecule has 1 fully saturated rings. The van der Waals surface area contributed by atoms with Crippen LogP contribution in [0.5, 0.6) is 0 Å². The van der Waals surface area contributed by atoms with Gasteiger partial charge in [0, 0.05) is 25.5 Å². The van der Waals surface area contributed by atoms with Gasteiger partial charge in [-0.1, -0.05) is 6.92 Å². The molecule has 6 heteroatoms. The average Bonchev–Trinajstić information content (AvgIpc) is 2.89. The molecule has 114 valence electrons. The molecule has 2 heterocycles. The van der Waals surface area contributed by atoms with E-state index in [4.69, 9.17) is 0 Å². The Morgan fingerprint density at radius 2 is 2.14 bits per heavy atom. The number of nitrogens with zero attached hydrogens (tertiary/aromatic N) is 2. The molecule has 0 saturated carbocycles. The Morgan fingerprint density at radius 1 is 1.48 bits per heavy atom. The molecule has 2 amide bonds. The highest BCUT2D eigenvalue weighted by atomic mass is 16.4. The summed E-state index contributed by atoms with van der Waals surface area (Å²) in [5, 5.41) is 12.2. The lowest BCUT2D eigenvalue weighted by atomic mass is 9.90. The van der Waals surface area contributed by atoms with E-state index in [1.165, 1.54) is 0 Å². The smallest absolute Gasteiger partial charge is 0.317 e. The van der Waals surface area contributed by atoms with Gasteiger partial charge in [-0.25, -0.2) is 4.79 Å². The summed E-state index contributed by atoms with van der Waals surface area (Å²) in [6.07, 6.45) is 4.64. The molecule has 0 aliphatic carbocycles. The number of likely N-dealkylation sites (tertiary alicyclic amines) is 1. The molecule has 1 aliphatic rings. The predicted octanol–water partition coefficient (Wildman–Crippen LogP) is 2.04. The van der Waals surface area contributed by atoms with E-state index < -0.39 is 11.4 Å². The SMILES string of the molecule is CCC(NC(=O)N1CCC(C)(C(=O)O)C1)c1ccncc1. The molecule has 2 N–H and O–H groups in total. The van der Waals surface area contributed by atoms with Crippen LogP contribution in [0.1, 0.15) is 38.3 Å². The summed E-state index contributed by atoms with van der Waals surface area (Å²) in [4.78, 5) is 29.1. The number of amides is 2. The van der Waals surface area contributed by atoms with Crippen molar-refractivity contribution in [3.05, 3.63) is 30.1 Å². The zero-order valence-electron chi connectivity index (χ0n) is 12.4. The van der Waals surface area contributed by atoms with Gasteiger partial charge in [0.25, 0.3) is 0 Å². The molecule has 6 nitrogen and oxygen atoms in total. The maximum Gasteiger partial charge on any atom is 0.317 e. The number of hydrogen-bond donors (Lipinski definition) is 2. The van der Waals surface area contributed by atoms with Gasteiger partial charge in [0.05, 0.1) is 11.5 Å². The number of carboxylic acid groups (broad SMARTS) is 1. The van der Waals surface area contributed by atoms with Crippen LogP contribution in [0.4, 0.5) is 4.79 Å². The van der Waals surface area contributed by atoms with Crippen LogP contribution in [-0.2, 0) is 4.79 Å². The van der Waals surface area contributed by atoms with E-state index in [0.29, 0.717) is 13.0 Å². The summed E-state index contributed by atoms with van der Waals surface area (Å²) < 4.78 is 0. The van der Waals surface area contributed by atoms with Gasteiger partial charge < -0.3 is 15.3 Å². The van der Waals surface area contributed by atoms with Crippen molar-refractivity contribution in [2.75, 3.05) is 13.1 Å². The number of pyridine rings is 1. The summed E-state index contributed by atoms with van der Waals surface area (Å²) in [6.45, 7) is 4.40. The lowest BCUT2D eigenvalue weighted by Crippen LogP contribution is -2.42. The van der Waals surface area contributed by atoms with Crippen LogP contribution in [0.2, 0.25) is 0 Å². The number of nitrogens with one attached hydrogen (secondary N) is 1. The Bertz CT molecular complexity index is 520. The molecule has 21 heavy (non-hydrogen) atoms. The van der Waals surface area contributed by atoms with E-state index in [9.17, 15) is 14.7 Å². The zero-order chi connectivity index (χ0) is 15.5. The fourth-order valence-corrected chi connectivity index (χ4v) is 2.57. The summed E-state index contributed by atoms with van der Waals surface area (Å²) in [6, 6.07) is 3.46. The molecule has 0 aromatic carbocycles. The number of rotatable bonds is 4. The standard InChI is InChI=1S/C15H21N3O3/c1-3-12(11-4-7-16-8-5-11)17-14(21)18-9-6-15(2,10-18)13(19)20/h4-5,7-8,12H,3,6,9-10H2,1-2H3,(H,17,21)(H,19,20). The summed E-state index contributed by atoms with van der Waals surface area (Å²) in [5.41, 5.74) is 0.163. The van der Waals surface area contributed by atoms with Gasteiger partial charge in [-0.3, -0.25) is 9.78 Å². The number of aromatic nitrogens is 1. The number of aliphatic carboxylic acids is 1. The minimum atomic E-state index is -0.848. The molecule has 2 rings (SSSR count). The van der Waals surface area contributed by atoms with Crippen molar-refractivity contribution in [1.82, 2.24) is 15.2 Å². The van der Waals surface area contributed by atoms with E-state index in [1.54, 1.807) is 24.2 Å². The van der Waals surface area contributed by atoms with E-state index in [1.807, 2.05) is 19.1 Å². The lowest BCUT2D eigenvalue weighted by Gasteiger charge is -2.24. The largest absolute Gasteiger partial charge is 0.481 e. The molecular weight excluding hydrogens is 270 g/mol. The molecule has 2 unspecified atom stereocenters. The molecule has 1 aromatic rings. The first-order valence-corrected chi connectivity index (χ1v) is 7.15. The first kappa shape index (κ1) is 15.3. The fourth-order valence-electron chi connectivity index (χ4n) is 2.57. The molecule has 1 saturated heterocycles. The minimum Gasteiger partial charge on any atom is -0.481 e. The van der Waals surface area contributed by atoms with Gasteiger partial charge in [0.2, 0.25) is 0 Å². The van der Waals surface area contributed by atoms with Crippen molar-refractivity contribution in [3.8, 4) is 0 Å². The van der Waals surface area contributed by atoms with Gasteiger partial charge in [0.1, 0.15) is 0 Å². The summed E-state index contributed by atoms with van der Waals surface area (Å²) >= 11 is 0. The quantitative estimate of drug-likeness (QED) is 0.889. The highest BCUT2D eigenvalue weighted by molar-refractivity contribution is 5.79. The average molecular weight is 291 g/mol. The number of urea groups is 1. The van der Waals surface area contributed by atoms with Gasteiger partial charge >= 0.3 is 12.0 Å². The highest BCUT2D eigenvalue weighted by Gasteiger charge is 2.42. The van der Waals surface area contributed by atoms with Gasteiger partial charge in [-0.2, -0.15) is 0 Å². The second-order valence-electron chi connectivity index (χ2n) is 5.73.